The Morgan fingerprint density at radius 1 is 1.00 bits per heavy atom. The summed E-state index contributed by atoms with van der Waals surface area (Å²) < 4.78 is 5.92. The van der Waals surface area contributed by atoms with Gasteiger partial charge in [-0.3, -0.25) is 0 Å². The van der Waals surface area contributed by atoms with E-state index < -0.39 is 11.5 Å². The van der Waals surface area contributed by atoms with E-state index in [1.807, 2.05) is 75.4 Å². The molecular formula is C19H20O2. The lowest BCUT2D eigenvalue weighted by molar-refractivity contribution is 0.0800. The lowest BCUT2D eigenvalue weighted by Gasteiger charge is -2.29. The van der Waals surface area contributed by atoms with Crippen LogP contribution in [-0.4, -0.2) is 5.11 Å². The molecule has 2 aromatic carbocycles. The fourth-order valence-corrected chi connectivity index (χ4v) is 2.74. The molecule has 1 heterocycles. The standard InChI is InChI=1S/C19H20O2/c1-13-8-7-9-14-12-16(21-17(13)14)18(20)19(2,3)15-10-5-4-6-11-15/h4-12,18,20H,1-3H3. The van der Waals surface area contributed by atoms with Crippen LogP contribution in [0, 0.1) is 6.92 Å². The Hall–Kier alpha value is -2.06. The van der Waals surface area contributed by atoms with E-state index in [-0.39, 0.29) is 0 Å². The van der Waals surface area contributed by atoms with Crippen molar-refractivity contribution in [2.75, 3.05) is 0 Å². The van der Waals surface area contributed by atoms with Crippen LogP contribution in [0.25, 0.3) is 11.0 Å². The highest BCUT2D eigenvalue weighted by molar-refractivity contribution is 5.81. The zero-order chi connectivity index (χ0) is 15.0. The summed E-state index contributed by atoms with van der Waals surface area (Å²) in [7, 11) is 0. The van der Waals surface area contributed by atoms with Gasteiger partial charge in [0.05, 0.1) is 0 Å². The van der Waals surface area contributed by atoms with Crippen molar-refractivity contribution in [1.82, 2.24) is 0 Å². The Morgan fingerprint density at radius 2 is 1.71 bits per heavy atom. The molecule has 2 nitrogen and oxygen atoms in total. The molecule has 1 N–H and O–H groups in total. The largest absolute Gasteiger partial charge is 0.458 e. The molecule has 1 atom stereocenters. The molecule has 1 unspecified atom stereocenters. The molecule has 2 heteroatoms. The summed E-state index contributed by atoms with van der Waals surface area (Å²) in [6.07, 6.45) is -0.688. The predicted molar refractivity (Wildman–Crippen MR) is 85.4 cm³/mol. The number of aliphatic hydroxyl groups is 1. The second-order valence-electron chi connectivity index (χ2n) is 6.13. The van der Waals surface area contributed by atoms with Gasteiger partial charge in [0.1, 0.15) is 17.4 Å². The van der Waals surface area contributed by atoms with E-state index in [1.165, 1.54) is 0 Å². The highest BCUT2D eigenvalue weighted by Gasteiger charge is 2.33. The topological polar surface area (TPSA) is 33.4 Å². The molecule has 0 fully saturated rings. The summed E-state index contributed by atoms with van der Waals surface area (Å²) >= 11 is 0. The lowest BCUT2D eigenvalue weighted by atomic mass is 9.78. The van der Waals surface area contributed by atoms with Crippen molar-refractivity contribution >= 4 is 11.0 Å². The summed E-state index contributed by atoms with van der Waals surface area (Å²) in [5, 5.41) is 11.8. The van der Waals surface area contributed by atoms with Crippen LogP contribution in [0.3, 0.4) is 0 Å². The van der Waals surface area contributed by atoms with Gasteiger partial charge < -0.3 is 9.52 Å². The third-order valence-corrected chi connectivity index (χ3v) is 4.23. The van der Waals surface area contributed by atoms with Gasteiger partial charge in [-0.2, -0.15) is 0 Å². The van der Waals surface area contributed by atoms with Crippen LogP contribution in [0.5, 0.6) is 0 Å². The Labute approximate surface area is 125 Å². The Balaban J connectivity index is 2.04. The Kier molecular flexibility index (Phi) is 3.34. The molecule has 0 saturated carbocycles. The molecule has 0 amide bonds. The first-order valence-electron chi connectivity index (χ1n) is 7.23. The van der Waals surface area contributed by atoms with E-state index in [4.69, 9.17) is 4.42 Å². The van der Waals surface area contributed by atoms with E-state index in [0.29, 0.717) is 5.76 Å². The molecule has 3 aromatic rings. The van der Waals surface area contributed by atoms with Crippen LogP contribution in [0.15, 0.2) is 59.0 Å². The maximum absolute atomic E-state index is 10.8. The minimum Gasteiger partial charge on any atom is -0.458 e. The molecule has 0 aliphatic rings. The number of hydrogen-bond donors (Lipinski definition) is 1. The highest BCUT2D eigenvalue weighted by atomic mass is 16.4. The number of fused-ring (bicyclic) bond motifs is 1. The molecule has 108 valence electrons. The minimum atomic E-state index is -0.688. The van der Waals surface area contributed by atoms with Gasteiger partial charge in [-0.25, -0.2) is 0 Å². The van der Waals surface area contributed by atoms with E-state index in [2.05, 4.69) is 0 Å². The first-order valence-corrected chi connectivity index (χ1v) is 7.23. The van der Waals surface area contributed by atoms with Crippen LogP contribution in [-0.2, 0) is 5.41 Å². The summed E-state index contributed by atoms with van der Waals surface area (Å²) in [5.74, 6) is 0.619. The average Bonchev–Trinajstić information content (AvgIpc) is 2.93. The second kappa shape index (κ2) is 5.05. The van der Waals surface area contributed by atoms with Crippen LogP contribution >= 0.6 is 0 Å². The summed E-state index contributed by atoms with van der Waals surface area (Å²) in [6, 6.07) is 18.0. The van der Waals surface area contributed by atoms with Crippen LogP contribution in [0.1, 0.15) is 36.8 Å². The fourth-order valence-electron chi connectivity index (χ4n) is 2.74. The normalized spacial score (nSPS) is 13.5. The number of aliphatic hydroxyl groups excluding tert-OH is 1. The van der Waals surface area contributed by atoms with Gasteiger partial charge in [0.15, 0.2) is 0 Å². The Bertz CT molecular complexity index is 754. The van der Waals surface area contributed by atoms with Crippen LogP contribution < -0.4 is 0 Å². The van der Waals surface area contributed by atoms with Gasteiger partial charge in [0, 0.05) is 10.8 Å². The van der Waals surface area contributed by atoms with E-state index in [1.54, 1.807) is 0 Å². The third kappa shape index (κ3) is 2.36. The van der Waals surface area contributed by atoms with Gasteiger partial charge in [0.25, 0.3) is 0 Å². The highest BCUT2D eigenvalue weighted by Crippen LogP contribution is 2.39. The average molecular weight is 280 g/mol. The van der Waals surface area contributed by atoms with Gasteiger partial charge in [0.2, 0.25) is 0 Å². The van der Waals surface area contributed by atoms with Crippen molar-refractivity contribution < 1.29 is 9.52 Å². The second-order valence-corrected chi connectivity index (χ2v) is 6.13. The molecule has 0 radical (unpaired) electrons. The van der Waals surface area contributed by atoms with Crippen LogP contribution in [0.4, 0.5) is 0 Å². The quantitative estimate of drug-likeness (QED) is 0.751. The maximum Gasteiger partial charge on any atom is 0.137 e. The number of hydrogen-bond acceptors (Lipinski definition) is 2. The molecule has 0 saturated heterocycles. The Morgan fingerprint density at radius 3 is 2.38 bits per heavy atom. The van der Waals surface area contributed by atoms with Crippen molar-refractivity contribution in [2.24, 2.45) is 0 Å². The first-order chi connectivity index (χ1) is 10.00. The van der Waals surface area contributed by atoms with E-state index >= 15 is 0 Å². The lowest BCUT2D eigenvalue weighted by Crippen LogP contribution is -2.26. The van der Waals surface area contributed by atoms with E-state index in [9.17, 15) is 5.11 Å². The van der Waals surface area contributed by atoms with Crippen molar-refractivity contribution in [2.45, 2.75) is 32.3 Å². The van der Waals surface area contributed by atoms with E-state index in [0.717, 1.165) is 22.1 Å². The minimum absolute atomic E-state index is 0.414. The molecule has 0 bridgehead atoms. The molecule has 0 spiro atoms. The van der Waals surface area contributed by atoms with Crippen molar-refractivity contribution in [1.29, 1.82) is 0 Å². The molecule has 0 aliphatic carbocycles. The molecule has 1 aromatic heterocycles. The van der Waals surface area contributed by atoms with Crippen molar-refractivity contribution in [3.8, 4) is 0 Å². The molecule has 21 heavy (non-hydrogen) atoms. The fraction of sp³-hybridized carbons (Fsp3) is 0.263. The van der Waals surface area contributed by atoms with Crippen molar-refractivity contribution in [3.05, 3.63) is 71.5 Å². The number of para-hydroxylation sites is 1. The van der Waals surface area contributed by atoms with Crippen molar-refractivity contribution in [3.63, 3.8) is 0 Å². The van der Waals surface area contributed by atoms with Gasteiger partial charge in [-0.15, -0.1) is 0 Å². The maximum atomic E-state index is 10.8. The van der Waals surface area contributed by atoms with Gasteiger partial charge in [-0.05, 0) is 24.1 Å². The van der Waals surface area contributed by atoms with Gasteiger partial charge in [-0.1, -0.05) is 62.4 Å². The summed E-state index contributed by atoms with van der Waals surface area (Å²) in [5.41, 5.74) is 2.62. The molecule has 0 aliphatic heterocycles. The van der Waals surface area contributed by atoms with Gasteiger partial charge >= 0.3 is 0 Å². The van der Waals surface area contributed by atoms with Crippen LogP contribution in [0.2, 0.25) is 0 Å². The zero-order valence-corrected chi connectivity index (χ0v) is 12.6. The monoisotopic (exact) mass is 280 g/mol. The first kappa shape index (κ1) is 13.9. The summed E-state index contributed by atoms with van der Waals surface area (Å²) in [6.45, 7) is 6.09. The smallest absolute Gasteiger partial charge is 0.137 e. The predicted octanol–water partition coefficient (Wildman–Crippen LogP) is 4.75. The SMILES string of the molecule is Cc1cccc2cc(C(O)C(C)(C)c3ccccc3)oc12. The summed E-state index contributed by atoms with van der Waals surface area (Å²) in [4.78, 5) is 0. The number of aryl methyl sites for hydroxylation is 1. The molecular weight excluding hydrogens is 260 g/mol. The molecule has 3 rings (SSSR count). The third-order valence-electron chi connectivity index (χ3n) is 4.23. The number of benzene rings is 2. The number of rotatable bonds is 3. The number of furan rings is 1. The zero-order valence-electron chi connectivity index (χ0n) is 12.6.